The van der Waals surface area contributed by atoms with Crippen LogP contribution in [0, 0.1) is 5.82 Å². The Labute approximate surface area is 175 Å². The number of ether oxygens (including phenoxy) is 1. The van der Waals surface area contributed by atoms with Crippen LogP contribution in [0.4, 0.5) is 4.39 Å². The first-order valence-electron chi connectivity index (χ1n) is 10.0. The van der Waals surface area contributed by atoms with E-state index in [9.17, 15) is 9.18 Å². The summed E-state index contributed by atoms with van der Waals surface area (Å²) in [5, 5.41) is 7.03. The first-order chi connectivity index (χ1) is 14.6. The summed E-state index contributed by atoms with van der Waals surface area (Å²) in [5.41, 5.74) is 2.52. The van der Waals surface area contributed by atoms with Crippen LogP contribution < -0.4 is 10.1 Å². The third-order valence-corrected chi connectivity index (χ3v) is 5.22. The summed E-state index contributed by atoms with van der Waals surface area (Å²) in [6.07, 6.45) is 3.53. The minimum atomic E-state index is -0.437. The number of aryl methyl sites for hydroxylation is 1. The SMILES string of the molecule is Cn1cc(CNC(=O)CCN2Cc3ccccc3OC(c3ccccc3F)C2)cn1. The molecule has 7 heteroatoms. The van der Waals surface area contributed by atoms with Gasteiger partial charge in [-0.05, 0) is 12.1 Å². The first-order valence-corrected chi connectivity index (χ1v) is 10.0. The fourth-order valence-electron chi connectivity index (χ4n) is 3.66. The van der Waals surface area contributed by atoms with Crippen LogP contribution in [-0.2, 0) is 24.9 Å². The first kappa shape index (κ1) is 20.1. The zero-order valence-corrected chi connectivity index (χ0v) is 16.9. The minimum absolute atomic E-state index is 0.0280. The Bertz CT molecular complexity index is 1020. The van der Waals surface area contributed by atoms with Crippen LogP contribution in [0.2, 0.25) is 0 Å². The molecule has 0 spiro atoms. The van der Waals surface area contributed by atoms with Gasteiger partial charge < -0.3 is 10.1 Å². The molecule has 0 saturated heterocycles. The van der Waals surface area contributed by atoms with E-state index in [1.807, 2.05) is 43.6 Å². The van der Waals surface area contributed by atoms with Crippen molar-refractivity contribution in [3.63, 3.8) is 0 Å². The average Bonchev–Trinajstić information content (AvgIpc) is 3.07. The average molecular weight is 408 g/mol. The van der Waals surface area contributed by atoms with Gasteiger partial charge in [-0.3, -0.25) is 14.4 Å². The monoisotopic (exact) mass is 408 g/mol. The summed E-state index contributed by atoms with van der Waals surface area (Å²) in [4.78, 5) is 14.5. The van der Waals surface area contributed by atoms with Gasteiger partial charge in [0, 0.05) is 62.5 Å². The number of nitrogens with zero attached hydrogens (tertiary/aromatic N) is 3. The molecule has 156 valence electrons. The number of hydrogen-bond acceptors (Lipinski definition) is 4. The smallest absolute Gasteiger partial charge is 0.221 e. The molecular weight excluding hydrogens is 383 g/mol. The molecule has 6 nitrogen and oxygen atoms in total. The minimum Gasteiger partial charge on any atom is -0.484 e. The van der Waals surface area contributed by atoms with Crippen LogP contribution in [0.1, 0.15) is 29.2 Å². The van der Waals surface area contributed by atoms with Crippen molar-refractivity contribution < 1.29 is 13.9 Å². The number of fused-ring (bicyclic) bond motifs is 1. The van der Waals surface area contributed by atoms with Crippen LogP contribution in [0.25, 0.3) is 0 Å². The van der Waals surface area contributed by atoms with E-state index in [-0.39, 0.29) is 11.7 Å². The van der Waals surface area contributed by atoms with Crippen molar-refractivity contribution >= 4 is 5.91 Å². The molecule has 1 amide bonds. The highest BCUT2D eigenvalue weighted by Crippen LogP contribution is 2.32. The molecule has 1 aliphatic heterocycles. The molecule has 1 N–H and O–H groups in total. The predicted molar refractivity (Wildman–Crippen MR) is 111 cm³/mol. The van der Waals surface area contributed by atoms with Crippen molar-refractivity contribution in [2.75, 3.05) is 13.1 Å². The number of hydrogen-bond donors (Lipinski definition) is 1. The highest BCUT2D eigenvalue weighted by Gasteiger charge is 2.26. The van der Waals surface area contributed by atoms with Crippen LogP contribution in [0.15, 0.2) is 60.9 Å². The molecule has 3 aromatic rings. The number of rotatable bonds is 6. The van der Waals surface area contributed by atoms with E-state index in [2.05, 4.69) is 15.3 Å². The number of halogens is 1. The topological polar surface area (TPSA) is 59.4 Å². The Morgan fingerprint density at radius 1 is 1.23 bits per heavy atom. The quantitative estimate of drug-likeness (QED) is 0.681. The highest BCUT2D eigenvalue weighted by atomic mass is 19.1. The number of nitrogens with one attached hydrogen (secondary N) is 1. The Morgan fingerprint density at radius 2 is 2.03 bits per heavy atom. The molecule has 4 rings (SSSR count). The fraction of sp³-hybridized carbons (Fsp3) is 0.304. The second kappa shape index (κ2) is 9.09. The summed E-state index contributed by atoms with van der Waals surface area (Å²) in [6, 6.07) is 14.5. The Kier molecular flexibility index (Phi) is 6.09. The zero-order chi connectivity index (χ0) is 20.9. The molecule has 0 bridgehead atoms. The van der Waals surface area contributed by atoms with E-state index in [1.165, 1.54) is 6.07 Å². The van der Waals surface area contributed by atoms with Crippen LogP contribution in [0.3, 0.4) is 0 Å². The molecule has 0 saturated carbocycles. The summed E-state index contributed by atoms with van der Waals surface area (Å²) in [7, 11) is 1.84. The summed E-state index contributed by atoms with van der Waals surface area (Å²) in [6.45, 7) is 2.17. The van der Waals surface area contributed by atoms with Crippen molar-refractivity contribution in [1.29, 1.82) is 0 Å². The maximum atomic E-state index is 14.4. The van der Waals surface area contributed by atoms with Gasteiger partial charge in [0.2, 0.25) is 5.91 Å². The van der Waals surface area contributed by atoms with Crippen molar-refractivity contribution in [2.24, 2.45) is 7.05 Å². The number of benzene rings is 2. The maximum absolute atomic E-state index is 14.4. The summed E-state index contributed by atoms with van der Waals surface area (Å²) >= 11 is 0. The fourth-order valence-corrected chi connectivity index (χ4v) is 3.66. The largest absolute Gasteiger partial charge is 0.484 e. The van der Waals surface area contributed by atoms with Gasteiger partial charge in [0.25, 0.3) is 0 Å². The van der Waals surface area contributed by atoms with E-state index < -0.39 is 6.10 Å². The van der Waals surface area contributed by atoms with Crippen molar-refractivity contribution in [1.82, 2.24) is 20.0 Å². The second-order valence-corrected chi connectivity index (χ2v) is 7.52. The zero-order valence-electron chi connectivity index (χ0n) is 16.9. The standard InChI is InChI=1S/C23H25FN4O2/c1-27-14-17(13-26-27)12-25-23(29)10-11-28-15-18-6-2-5-9-21(18)30-22(16-28)19-7-3-4-8-20(19)24/h2-9,13-14,22H,10-12,15-16H2,1H3,(H,25,29). The number of aromatic nitrogens is 2. The van der Waals surface area contributed by atoms with Crippen LogP contribution in [0.5, 0.6) is 5.75 Å². The number of carbonyl (C=O) groups excluding carboxylic acids is 1. The van der Waals surface area contributed by atoms with Gasteiger partial charge in [0.1, 0.15) is 17.7 Å². The Hall–Kier alpha value is -3.19. The van der Waals surface area contributed by atoms with Gasteiger partial charge >= 0.3 is 0 Å². The van der Waals surface area contributed by atoms with Gasteiger partial charge in [0.05, 0.1) is 6.20 Å². The molecule has 2 aromatic carbocycles. The molecule has 1 aromatic heterocycles. The lowest BCUT2D eigenvalue weighted by atomic mass is 10.1. The molecule has 1 atom stereocenters. The van der Waals surface area contributed by atoms with E-state index in [0.29, 0.717) is 38.2 Å². The van der Waals surface area contributed by atoms with Gasteiger partial charge in [-0.2, -0.15) is 5.10 Å². The molecular formula is C23H25FN4O2. The van der Waals surface area contributed by atoms with E-state index in [0.717, 1.165) is 16.9 Å². The van der Waals surface area contributed by atoms with Gasteiger partial charge in [-0.1, -0.05) is 36.4 Å². The molecule has 30 heavy (non-hydrogen) atoms. The highest BCUT2D eigenvalue weighted by molar-refractivity contribution is 5.76. The predicted octanol–water partition coefficient (Wildman–Crippen LogP) is 3.20. The lowest BCUT2D eigenvalue weighted by molar-refractivity contribution is -0.121. The van der Waals surface area contributed by atoms with Gasteiger partial charge in [0.15, 0.2) is 0 Å². The van der Waals surface area contributed by atoms with Gasteiger partial charge in [-0.15, -0.1) is 0 Å². The summed E-state index contributed by atoms with van der Waals surface area (Å²) < 4.78 is 22.3. The molecule has 2 heterocycles. The number of carbonyl (C=O) groups is 1. The molecule has 1 aliphatic rings. The van der Waals surface area contributed by atoms with Crippen molar-refractivity contribution in [3.8, 4) is 5.75 Å². The normalized spacial score (nSPS) is 16.4. The number of amides is 1. The Morgan fingerprint density at radius 3 is 2.83 bits per heavy atom. The van der Waals surface area contributed by atoms with Crippen molar-refractivity contribution in [2.45, 2.75) is 25.6 Å². The maximum Gasteiger partial charge on any atom is 0.221 e. The van der Waals surface area contributed by atoms with E-state index in [4.69, 9.17) is 4.74 Å². The third kappa shape index (κ3) is 4.86. The van der Waals surface area contributed by atoms with Gasteiger partial charge in [-0.25, -0.2) is 4.39 Å². The van der Waals surface area contributed by atoms with E-state index >= 15 is 0 Å². The number of para-hydroxylation sites is 1. The van der Waals surface area contributed by atoms with Crippen molar-refractivity contribution in [3.05, 3.63) is 83.4 Å². The summed E-state index contributed by atoms with van der Waals surface area (Å²) in [5.74, 6) is 0.449. The molecule has 0 fully saturated rings. The lowest BCUT2D eigenvalue weighted by Crippen LogP contribution is -2.33. The van der Waals surface area contributed by atoms with Crippen LogP contribution >= 0.6 is 0 Å². The third-order valence-electron chi connectivity index (χ3n) is 5.22. The second-order valence-electron chi connectivity index (χ2n) is 7.52. The lowest BCUT2D eigenvalue weighted by Gasteiger charge is -2.24. The molecule has 0 aliphatic carbocycles. The van der Waals surface area contributed by atoms with Crippen LogP contribution in [-0.4, -0.2) is 33.7 Å². The van der Waals surface area contributed by atoms with E-state index in [1.54, 1.807) is 23.0 Å². The Balaban J connectivity index is 1.42. The molecule has 0 radical (unpaired) electrons. The molecule has 1 unspecified atom stereocenters.